The predicted octanol–water partition coefficient (Wildman–Crippen LogP) is 8.39. The number of ether oxygens (including phenoxy) is 1. The Balaban J connectivity index is 2.12. The summed E-state index contributed by atoms with van der Waals surface area (Å²) in [6.07, 6.45) is -0.0589. The van der Waals surface area contributed by atoms with Gasteiger partial charge in [0.2, 0.25) is 0 Å². The first-order chi connectivity index (χ1) is 18.5. The highest BCUT2D eigenvalue weighted by Gasteiger charge is 2.23. The summed E-state index contributed by atoms with van der Waals surface area (Å²) in [6.45, 7) is 16.9. The number of likely N-dealkylation sites (N-methyl/N-ethyl adjacent to an activating group) is 1. The molecule has 0 spiro atoms. The average molecular weight is 660 g/mol. The summed E-state index contributed by atoms with van der Waals surface area (Å²) >= 11 is 7.26. The summed E-state index contributed by atoms with van der Waals surface area (Å²) in [7, 11) is 0. The Kier molecular flexibility index (Phi) is 11.6. The highest BCUT2D eigenvalue weighted by Crippen LogP contribution is 2.42. The van der Waals surface area contributed by atoms with Gasteiger partial charge in [0.25, 0.3) is 0 Å². The standard InChI is InChI=1S/C32H40Br2N2O3/c1-7-36(8-2)13-12-35-31(24-11-9-10-21(5)14-24)26-15-22(6)25(20(3)4)19-29(26)39-32-27(33)16-23(17-28(32)34)18-30(37)38/h9-11,14-17,19-20,31,35H,7-8,12-13,18H2,1-6H3,(H,37,38). The van der Waals surface area contributed by atoms with Crippen molar-refractivity contribution in [2.45, 2.75) is 59.9 Å². The predicted molar refractivity (Wildman–Crippen MR) is 167 cm³/mol. The molecule has 0 bridgehead atoms. The lowest BCUT2D eigenvalue weighted by atomic mass is 9.90. The molecule has 39 heavy (non-hydrogen) atoms. The van der Waals surface area contributed by atoms with E-state index in [0.717, 1.165) is 37.5 Å². The monoisotopic (exact) mass is 658 g/mol. The topological polar surface area (TPSA) is 61.8 Å². The Bertz CT molecular complexity index is 1270. The number of carbonyl (C=O) groups is 1. The van der Waals surface area contributed by atoms with Gasteiger partial charge in [-0.3, -0.25) is 4.79 Å². The molecule has 3 aromatic rings. The molecule has 1 atom stereocenters. The maximum Gasteiger partial charge on any atom is 0.307 e. The molecule has 0 amide bonds. The number of aliphatic carboxylic acids is 1. The molecule has 2 N–H and O–H groups in total. The summed E-state index contributed by atoms with van der Waals surface area (Å²) in [5, 5.41) is 13.1. The fourth-order valence-electron chi connectivity index (χ4n) is 4.92. The molecule has 0 saturated heterocycles. The zero-order valence-corrected chi connectivity index (χ0v) is 26.9. The fraction of sp³-hybridized carbons (Fsp3) is 0.406. The molecule has 210 valence electrons. The summed E-state index contributed by atoms with van der Waals surface area (Å²) in [6, 6.07) is 16.6. The zero-order chi connectivity index (χ0) is 28.7. The first-order valence-corrected chi connectivity index (χ1v) is 15.2. The lowest BCUT2D eigenvalue weighted by Gasteiger charge is -2.27. The van der Waals surface area contributed by atoms with Gasteiger partial charge >= 0.3 is 5.97 Å². The van der Waals surface area contributed by atoms with Crippen molar-refractivity contribution in [1.82, 2.24) is 10.2 Å². The van der Waals surface area contributed by atoms with Crippen LogP contribution in [0.1, 0.15) is 73.0 Å². The molecule has 0 heterocycles. The van der Waals surface area contributed by atoms with E-state index in [4.69, 9.17) is 4.74 Å². The van der Waals surface area contributed by atoms with Crippen LogP contribution in [0.15, 0.2) is 57.5 Å². The molecule has 3 rings (SSSR count). The quantitative estimate of drug-likeness (QED) is 0.193. The van der Waals surface area contributed by atoms with E-state index in [2.05, 4.69) is 120 Å². The van der Waals surface area contributed by atoms with Crippen molar-refractivity contribution in [1.29, 1.82) is 0 Å². The van der Waals surface area contributed by atoms with Crippen LogP contribution in [0.4, 0.5) is 0 Å². The molecular weight excluding hydrogens is 620 g/mol. The van der Waals surface area contributed by atoms with E-state index in [1.165, 1.54) is 22.3 Å². The van der Waals surface area contributed by atoms with Crippen LogP contribution in [0, 0.1) is 13.8 Å². The van der Waals surface area contributed by atoms with Gasteiger partial charge in [0.1, 0.15) is 5.75 Å². The van der Waals surface area contributed by atoms with Crippen molar-refractivity contribution in [3.05, 3.63) is 90.9 Å². The van der Waals surface area contributed by atoms with E-state index in [1.54, 1.807) is 0 Å². The zero-order valence-electron chi connectivity index (χ0n) is 23.8. The number of carboxylic acids is 1. The summed E-state index contributed by atoms with van der Waals surface area (Å²) in [5.74, 6) is 0.856. The maximum absolute atomic E-state index is 11.3. The van der Waals surface area contributed by atoms with Crippen LogP contribution in [-0.2, 0) is 11.2 Å². The van der Waals surface area contributed by atoms with E-state index in [9.17, 15) is 9.90 Å². The van der Waals surface area contributed by atoms with Crippen LogP contribution in [-0.4, -0.2) is 42.2 Å². The lowest BCUT2D eigenvalue weighted by Crippen LogP contribution is -2.34. The van der Waals surface area contributed by atoms with E-state index < -0.39 is 5.97 Å². The number of benzene rings is 3. The second-order valence-electron chi connectivity index (χ2n) is 10.3. The summed E-state index contributed by atoms with van der Waals surface area (Å²) in [5.41, 5.74) is 6.61. The van der Waals surface area contributed by atoms with Crippen molar-refractivity contribution in [3.63, 3.8) is 0 Å². The van der Waals surface area contributed by atoms with Crippen LogP contribution >= 0.6 is 31.9 Å². The Hall–Kier alpha value is -2.19. The fourth-order valence-corrected chi connectivity index (χ4v) is 6.37. The van der Waals surface area contributed by atoms with Crippen molar-refractivity contribution in [2.75, 3.05) is 26.2 Å². The minimum atomic E-state index is -0.873. The first-order valence-electron chi connectivity index (χ1n) is 13.6. The minimum absolute atomic E-state index is 0.0589. The van der Waals surface area contributed by atoms with E-state index >= 15 is 0 Å². The van der Waals surface area contributed by atoms with Gasteiger partial charge in [-0.05, 0) is 105 Å². The van der Waals surface area contributed by atoms with Crippen LogP contribution in [0.25, 0.3) is 0 Å². The van der Waals surface area contributed by atoms with Gasteiger partial charge in [-0.25, -0.2) is 0 Å². The Morgan fingerprint density at radius 1 is 1.00 bits per heavy atom. The number of hydrogen-bond acceptors (Lipinski definition) is 4. The highest BCUT2D eigenvalue weighted by atomic mass is 79.9. The molecule has 0 fully saturated rings. The van der Waals surface area contributed by atoms with Gasteiger partial charge in [-0.2, -0.15) is 0 Å². The van der Waals surface area contributed by atoms with Crippen LogP contribution < -0.4 is 10.1 Å². The molecule has 0 aliphatic carbocycles. The van der Waals surface area contributed by atoms with E-state index in [1.807, 2.05) is 12.1 Å². The SMILES string of the molecule is CCN(CC)CCNC(c1cccc(C)c1)c1cc(C)c(C(C)C)cc1Oc1c(Br)cc(CC(=O)O)cc1Br. The number of hydrogen-bond donors (Lipinski definition) is 2. The second kappa shape index (κ2) is 14.4. The van der Waals surface area contributed by atoms with Gasteiger partial charge in [-0.15, -0.1) is 0 Å². The molecule has 0 radical (unpaired) electrons. The van der Waals surface area contributed by atoms with Crippen molar-refractivity contribution in [3.8, 4) is 11.5 Å². The molecule has 0 aliphatic rings. The van der Waals surface area contributed by atoms with Gasteiger partial charge in [0.05, 0.1) is 21.4 Å². The van der Waals surface area contributed by atoms with Crippen LogP contribution in [0.2, 0.25) is 0 Å². The van der Waals surface area contributed by atoms with E-state index in [0.29, 0.717) is 26.2 Å². The maximum atomic E-state index is 11.3. The number of nitrogens with zero attached hydrogens (tertiary/aromatic N) is 1. The Labute approximate surface area is 250 Å². The third-order valence-corrected chi connectivity index (χ3v) is 8.18. The summed E-state index contributed by atoms with van der Waals surface area (Å²) in [4.78, 5) is 13.7. The average Bonchev–Trinajstić information content (AvgIpc) is 2.86. The van der Waals surface area contributed by atoms with Crippen molar-refractivity contribution < 1.29 is 14.6 Å². The molecule has 5 nitrogen and oxygen atoms in total. The van der Waals surface area contributed by atoms with E-state index in [-0.39, 0.29) is 12.5 Å². The van der Waals surface area contributed by atoms with Gasteiger partial charge in [0, 0.05) is 18.7 Å². The third-order valence-electron chi connectivity index (χ3n) is 7.00. The molecule has 7 heteroatoms. The number of halogens is 2. The highest BCUT2D eigenvalue weighted by molar-refractivity contribution is 9.11. The van der Waals surface area contributed by atoms with Gasteiger partial charge in [-0.1, -0.05) is 63.6 Å². The lowest BCUT2D eigenvalue weighted by molar-refractivity contribution is -0.136. The molecule has 0 aromatic heterocycles. The number of nitrogens with one attached hydrogen (secondary N) is 1. The minimum Gasteiger partial charge on any atom is -0.481 e. The van der Waals surface area contributed by atoms with Crippen LogP contribution in [0.3, 0.4) is 0 Å². The summed E-state index contributed by atoms with van der Waals surface area (Å²) < 4.78 is 8.09. The van der Waals surface area contributed by atoms with Crippen molar-refractivity contribution >= 4 is 37.8 Å². The smallest absolute Gasteiger partial charge is 0.307 e. The molecule has 1 unspecified atom stereocenters. The largest absolute Gasteiger partial charge is 0.481 e. The first kappa shape index (κ1) is 31.3. The molecule has 0 saturated carbocycles. The van der Waals surface area contributed by atoms with Gasteiger partial charge in [0.15, 0.2) is 5.75 Å². The number of aryl methyl sites for hydroxylation is 2. The normalized spacial score (nSPS) is 12.3. The van der Waals surface area contributed by atoms with Gasteiger partial charge < -0.3 is 20.1 Å². The molecular formula is C32H40Br2N2O3. The van der Waals surface area contributed by atoms with Crippen LogP contribution in [0.5, 0.6) is 11.5 Å². The molecule has 0 aliphatic heterocycles. The molecule has 3 aromatic carbocycles. The Morgan fingerprint density at radius 2 is 1.67 bits per heavy atom. The Morgan fingerprint density at radius 3 is 2.23 bits per heavy atom. The third kappa shape index (κ3) is 8.40. The van der Waals surface area contributed by atoms with Crippen molar-refractivity contribution in [2.24, 2.45) is 0 Å². The number of carboxylic acid groups (broad SMARTS) is 1. The second-order valence-corrected chi connectivity index (χ2v) is 12.0. The number of rotatable bonds is 13.